The molecule has 0 aromatic carbocycles. The second-order valence-electron chi connectivity index (χ2n) is 11.2. The van der Waals surface area contributed by atoms with Crippen LogP contribution < -0.4 is 0 Å². The lowest BCUT2D eigenvalue weighted by Crippen LogP contribution is -2.65. The Balaban J connectivity index is 1.36. The fourth-order valence-corrected chi connectivity index (χ4v) is 9.00. The molecule has 2 spiro atoms. The van der Waals surface area contributed by atoms with Gasteiger partial charge >= 0.3 is 0 Å². The lowest BCUT2D eigenvalue weighted by atomic mass is 9.44. The van der Waals surface area contributed by atoms with Gasteiger partial charge in [-0.2, -0.15) is 0 Å². The van der Waals surface area contributed by atoms with Gasteiger partial charge in [-0.15, -0.1) is 0 Å². The maximum atomic E-state index is 13.9. The first-order chi connectivity index (χ1) is 14.3. The molecule has 6 nitrogen and oxygen atoms in total. The predicted molar refractivity (Wildman–Crippen MR) is 108 cm³/mol. The van der Waals surface area contributed by atoms with Gasteiger partial charge in [0.05, 0.1) is 19.3 Å². The maximum absolute atomic E-state index is 13.9. The second kappa shape index (κ2) is 6.07. The molecule has 0 N–H and O–H groups in total. The number of ketones is 1. The molecule has 0 aromatic heterocycles. The Morgan fingerprint density at radius 1 is 1.10 bits per heavy atom. The molecule has 0 bridgehead atoms. The van der Waals surface area contributed by atoms with Crippen LogP contribution in [0.25, 0.3) is 0 Å². The summed E-state index contributed by atoms with van der Waals surface area (Å²) in [6.45, 7) is 8.52. The highest BCUT2D eigenvalue weighted by molar-refractivity contribution is 5.85. The smallest absolute Gasteiger partial charge is 0.173 e. The van der Waals surface area contributed by atoms with Crippen LogP contribution in [-0.4, -0.2) is 56.0 Å². The number of epoxide rings is 1. The highest BCUT2D eigenvalue weighted by atomic mass is 16.7. The molecule has 30 heavy (non-hydrogen) atoms. The summed E-state index contributed by atoms with van der Waals surface area (Å²) in [5.74, 6) is 0.0965. The molecule has 8 atom stereocenters. The number of hydrogen-bond donors (Lipinski definition) is 0. The Labute approximate surface area is 179 Å². The first-order valence-electron chi connectivity index (χ1n) is 12.0. The zero-order valence-corrected chi connectivity index (χ0v) is 18.8. The number of methoxy groups -OCH3 is 1. The number of carbonyl (C=O) groups is 1. The Hall–Kier alpha value is -0.530. The minimum Gasteiger partial charge on any atom is -0.365 e. The molecule has 4 saturated carbocycles. The summed E-state index contributed by atoms with van der Waals surface area (Å²) in [5, 5.41) is 0. The van der Waals surface area contributed by atoms with Crippen molar-refractivity contribution in [2.45, 2.75) is 89.0 Å². The van der Waals surface area contributed by atoms with Gasteiger partial charge in [-0.1, -0.05) is 13.8 Å². The summed E-state index contributed by atoms with van der Waals surface area (Å²) >= 11 is 0. The lowest BCUT2D eigenvalue weighted by Gasteiger charge is -2.60. The lowest BCUT2D eigenvalue weighted by molar-refractivity contribution is -0.286. The summed E-state index contributed by atoms with van der Waals surface area (Å²) in [5.41, 5.74) is -0.657. The minimum absolute atomic E-state index is 0.0577. The molecule has 0 amide bonds. The van der Waals surface area contributed by atoms with Crippen LogP contribution in [0.2, 0.25) is 0 Å². The molecule has 2 saturated heterocycles. The van der Waals surface area contributed by atoms with E-state index in [1.807, 2.05) is 6.92 Å². The van der Waals surface area contributed by atoms with Crippen LogP contribution in [0.5, 0.6) is 0 Å². The van der Waals surface area contributed by atoms with E-state index in [-0.39, 0.29) is 28.5 Å². The molecule has 6 aliphatic rings. The Morgan fingerprint density at radius 3 is 2.57 bits per heavy atom. The van der Waals surface area contributed by atoms with Crippen LogP contribution in [0.3, 0.4) is 0 Å². The van der Waals surface area contributed by atoms with Crippen molar-refractivity contribution < 1.29 is 28.5 Å². The average Bonchev–Trinajstić information content (AvgIpc) is 3.07. The Bertz CT molecular complexity index is 763. The van der Waals surface area contributed by atoms with Gasteiger partial charge in [0.1, 0.15) is 11.4 Å². The SMILES string of the molecule is CCOC1(OC)CCC2C3CC4OC45CC4(CCC5(C)C3C(=O)CC21C)OCCO4. The van der Waals surface area contributed by atoms with E-state index in [4.69, 9.17) is 23.7 Å². The fraction of sp³-hybridized carbons (Fsp3) is 0.958. The fourth-order valence-electron chi connectivity index (χ4n) is 9.00. The molecule has 2 heterocycles. The largest absolute Gasteiger partial charge is 0.365 e. The van der Waals surface area contributed by atoms with Gasteiger partial charge in [-0.3, -0.25) is 4.79 Å². The topological polar surface area (TPSA) is 66.5 Å². The van der Waals surface area contributed by atoms with Crippen molar-refractivity contribution in [1.82, 2.24) is 0 Å². The summed E-state index contributed by atoms with van der Waals surface area (Å²) in [4.78, 5) is 13.9. The molecule has 8 unspecified atom stereocenters. The van der Waals surface area contributed by atoms with Crippen LogP contribution in [0.4, 0.5) is 0 Å². The Morgan fingerprint density at radius 2 is 1.87 bits per heavy atom. The van der Waals surface area contributed by atoms with E-state index in [2.05, 4.69) is 13.8 Å². The quantitative estimate of drug-likeness (QED) is 0.515. The number of fused-ring (bicyclic) bond motifs is 4. The van der Waals surface area contributed by atoms with Crippen LogP contribution >= 0.6 is 0 Å². The molecule has 6 rings (SSSR count). The second-order valence-corrected chi connectivity index (χ2v) is 11.2. The highest BCUT2D eigenvalue weighted by Crippen LogP contribution is 2.75. The third-order valence-corrected chi connectivity index (χ3v) is 10.3. The molecule has 6 fully saturated rings. The van der Waals surface area contributed by atoms with Crippen molar-refractivity contribution in [3.8, 4) is 0 Å². The van der Waals surface area contributed by atoms with E-state index in [9.17, 15) is 4.79 Å². The van der Waals surface area contributed by atoms with Gasteiger partial charge in [-0.25, -0.2) is 0 Å². The molecular formula is C24H36O6. The van der Waals surface area contributed by atoms with Crippen LogP contribution in [0.15, 0.2) is 0 Å². The molecule has 168 valence electrons. The van der Waals surface area contributed by atoms with Crippen molar-refractivity contribution >= 4 is 5.78 Å². The molecule has 2 aliphatic heterocycles. The number of Topliss-reactive ketones (excluding diaryl/α,β-unsaturated/α-hetero) is 1. The minimum atomic E-state index is -0.644. The predicted octanol–water partition coefficient (Wildman–Crippen LogP) is 3.46. The Kier molecular flexibility index (Phi) is 4.07. The van der Waals surface area contributed by atoms with Crippen LogP contribution in [0.1, 0.15) is 65.7 Å². The normalized spacial score (nSPS) is 55.7. The van der Waals surface area contributed by atoms with Gasteiger partial charge in [0.25, 0.3) is 0 Å². The van der Waals surface area contributed by atoms with Crippen LogP contribution in [0, 0.1) is 28.6 Å². The number of ether oxygens (including phenoxy) is 5. The van der Waals surface area contributed by atoms with Gasteiger partial charge in [-0.05, 0) is 38.0 Å². The summed E-state index contributed by atoms with van der Waals surface area (Å²) in [7, 11) is 1.75. The molecule has 0 aromatic rings. The third-order valence-electron chi connectivity index (χ3n) is 10.3. The van der Waals surface area contributed by atoms with Gasteiger partial charge < -0.3 is 23.7 Å². The molecule has 4 aliphatic carbocycles. The van der Waals surface area contributed by atoms with Crippen molar-refractivity contribution in [1.29, 1.82) is 0 Å². The van der Waals surface area contributed by atoms with E-state index in [1.54, 1.807) is 7.11 Å². The van der Waals surface area contributed by atoms with Crippen LogP contribution in [-0.2, 0) is 28.5 Å². The van der Waals surface area contributed by atoms with Gasteiger partial charge in [0.2, 0.25) is 0 Å². The highest BCUT2D eigenvalue weighted by Gasteiger charge is 2.80. The maximum Gasteiger partial charge on any atom is 0.173 e. The zero-order valence-electron chi connectivity index (χ0n) is 18.8. The number of rotatable bonds is 3. The van der Waals surface area contributed by atoms with Crippen molar-refractivity contribution in [2.75, 3.05) is 26.9 Å². The standard InChI is InChI=1S/C24H36O6/c1-5-27-24(26-4)7-6-16-15-12-18-23(30-18)14-22(28-10-11-29-22)9-8-20(23,2)19(15)17(25)13-21(16,24)3/h15-16,18-19H,5-14H2,1-4H3. The summed E-state index contributed by atoms with van der Waals surface area (Å²) < 4.78 is 30.9. The number of carbonyl (C=O) groups excluding carboxylic acids is 1. The third kappa shape index (κ3) is 2.16. The zero-order chi connectivity index (χ0) is 21.0. The monoisotopic (exact) mass is 420 g/mol. The van der Waals surface area contributed by atoms with E-state index in [0.29, 0.717) is 43.9 Å². The van der Waals surface area contributed by atoms with E-state index < -0.39 is 11.6 Å². The van der Waals surface area contributed by atoms with E-state index >= 15 is 0 Å². The van der Waals surface area contributed by atoms with Crippen molar-refractivity contribution in [2.24, 2.45) is 28.6 Å². The van der Waals surface area contributed by atoms with Gasteiger partial charge in [0, 0.05) is 56.1 Å². The first kappa shape index (κ1) is 20.1. The van der Waals surface area contributed by atoms with E-state index in [1.165, 1.54) is 0 Å². The number of hydrogen-bond acceptors (Lipinski definition) is 6. The average molecular weight is 421 g/mol. The summed E-state index contributed by atoms with van der Waals surface area (Å²) in [6, 6.07) is 0. The molecule has 6 heteroatoms. The molecule has 0 radical (unpaired) electrons. The van der Waals surface area contributed by atoms with E-state index in [0.717, 1.165) is 38.5 Å². The van der Waals surface area contributed by atoms with Crippen molar-refractivity contribution in [3.63, 3.8) is 0 Å². The van der Waals surface area contributed by atoms with Crippen molar-refractivity contribution in [3.05, 3.63) is 0 Å². The summed E-state index contributed by atoms with van der Waals surface area (Å²) in [6.07, 6.45) is 6.23. The van der Waals surface area contributed by atoms with Gasteiger partial charge in [0.15, 0.2) is 11.6 Å². The molecular weight excluding hydrogens is 384 g/mol. The first-order valence-corrected chi connectivity index (χ1v) is 12.0.